The molecule has 0 bridgehead atoms. The van der Waals surface area contributed by atoms with E-state index in [4.69, 9.17) is 15.5 Å². The average molecular weight is 291 g/mol. The van der Waals surface area contributed by atoms with Crippen molar-refractivity contribution in [2.45, 2.75) is 46.6 Å². The van der Waals surface area contributed by atoms with Gasteiger partial charge in [-0.2, -0.15) is 5.10 Å². The van der Waals surface area contributed by atoms with Crippen LogP contribution in [0, 0.1) is 6.92 Å². The van der Waals surface area contributed by atoms with Crippen LogP contribution in [0.2, 0.25) is 0 Å². The predicted molar refractivity (Wildman–Crippen MR) is 84.5 cm³/mol. The maximum absolute atomic E-state index is 6.38. The van der Waals surface area contributed by atoms with Crippen LogP contribution in [0.25, 0.3) is 11.3 Å². The molecule has 2 N–H and O–H groups in total. The molecular weight excluding hydrogens is 266 g/mol. The summed E-state index contributed by atoms with van der Waals surface area (Å²) in [6.07, 6.45) is 1.94. The van der Waals surface area contributed by atoms with E-state index in [1.165, 1.54) is 0 Å². The zero-order valence-electron chi connectivity index (χ0n) is 13.8. The second kappa shape index (κ2) is 5.79. The largest absolute Gasteiger partial charge is 0.481 e. The first kappa shape index (κ1) is 15.4. The van der Waals surface area contributed by atoms with Gasteiger partial charge >= 0.3 is 0 Å². The molecule has 6 nitrogen and oxygen atoms in total. The van der Waals surface area contributed by atoms with E-state index in [1.54, 1.807) is 11.8 Å². The van der Waals surface area contributed by atoms with Crippen LogP contribution in [0.4, 0.5) is 5.82 Å². The summed E-state index contributed by atoms with van der Waals surface area (Å²) < 4.78 is 9.29. The van der Waals surface area contributed by atoms with Crippen LogP contribution in [0.1, 0.15) is 44.8 Å². The van der Waals surface area contributed by atoms with Crippen molar-refractivity contribution in [2.24, 2.45) is 7.05 Å². The molecule has 0 spiro atoms. The van der Waals surface area contributed by atoms with Crippen LogP contribution in [0.15, 0.2) is 0 Å². The fraction of sp³-hybridized carbons (Fsp3) is 0.600. The Bertz CT molecular complexity index is 639. The lowest BCUT2D eigenvalue weighted by atomic mass is 10.2. The minimum Gasteiger partial charge on any atom is -0.481 e. The Hall–Kier alpha value is -1.98. The summed E-state index contributed by atoms with van der Waals surface area (Å²) in [7, 11) is 3.50. The highest BCUT2D eigenvalue weighted by atomic mass is 16.5. The standard InChI is InChI=1S/C15H25N5O/c1-7-8-11-17-13(14(16)20(11)9(2)3)12-10(4)18-19(5)15(12)21-6/h9H,7-8,16H2,1-6H3. The molecule has 0 atom stereocenters. The Morgan fingerprint density at radius 2 is 2.00 bits per heavy atom. The number of imidazole rings is 1. The number of ether oxygens (including phenoxy) is 1. The maximum atomic E-state index is 6.38. The second-order valence-corrected chi connectivity index (χ2v) is 5.57. The molecule has 2 rings (SSSR count). The van der Waals surface area contributed by atoms with E-state index in [-0.39, 0.29) is 6.04 Å². The van der Waals surface area contributed by atoms with E-state index >= 15 is 0 Å². The van der Waals surface area contributed by atoms with Gasteiger partial charge in [-0.05, 0) is 27.2 Å². The monoisotopic (exact) mass is 291 g/mol. The van der Waals surface area contributed by atoms with Crippen LogP contribution in [-0.2, 0) is 13.5 Å². The smallest absolute Gasteiger partial charge is 0.221 e. The molecule has 6 heteroatoms. The number of aromatic nitrogens is 4. The van der Waals surface area contributed by atoms with Crippen LogP contribution in [0.3, 0.4) is 0 Å². The Morgan fingerprint density at radius 3 is 2.52 bits per heavy atom. The minimum atomic E-state index is 0.274. The topological polar surface area (TPSA) is 70.9 Å². The van der Waals surface area contributed by atoms with E-state index in [1.807, 2.05) is 14.0 Å². The molecule has 0 fully saturated rings. The van der Waals surface area contributed by atoms with Gasteiger partial charge in [0.05, 0.1) is 18.4 Å². The highest BCUT2D eigenvalue weighted by molar-refractivity contribution is 5.77. The molecular formula is C15H25N5O. The molecule has 0 amide bonds. The van der Waals surface area contributed by atoms with Gasteiger partial charge in [-0.1, -0.05) is 6.92 Å². The normalized spacial score (nSPS) is 11.4. The summed E-state index contributed by atoms with van der Waals surface area (Å²) in [4.78, 5) is 4.78. The molecule has 2 heterocycles. The minimum absolute atomic E-state index is 0.274. The van der Waals surface area contributed by atoms with Crippen molar-refractivity contribution in [1.29, 1.82) is 0 Å². The van der Waals surface area contributed by atoms with Gasteiger partial charge < -0.3 is 15.0 Å². The zero-order valence-corrected chi connectivity index (χ0v) is 13.8. The molecule has 0 unspecified atom stereocenters. The fourth-order valence-electron chi connectivity index (χ4n) is 2.80. The van der Waals surface area contributed by atoms with Crippen molar-refractivity contribution < 1.29 is 4.74 Å². The van der Waals surface area contributed by atoms with Gasteiger partial charge in [0.1, 0.15) is 17.3 Å². The summed E-state index contributed by atoms with van der Waals surface area (Å²) in [5, 5.41) is 4.42. The molecule has 21 heavy (non-hydrogen) atoms. The van der Waals surface area contributed by atoms with Crippen LogP contribution in [-0.4, -0.2) is 26.4 Å². The molecule has 0 aliphatic rings. The highest BCUT2D eigenvalue weighted by Crippen LogP contribution is 2.37. The maximum Gasteiger partial charge on any atom is 0.221 e. The number of nitrogens with zero attached hydrogens (tertiary/aromatic N) is 4. The summed E-state index contributed by atoms with van der Waals surface area (Å²) in [5.74, 6) is 2.39. The lowest BCUT2D eigenvalue weighted by molar-refractivity contribution is 0.374. The van der Waals surface area contributed by atoms with Crippen molar-refractivity contribution in [3.05, 3.63) is 11.5 Å². The number of anilines is 1. The van der Waals surface area contributed by atoms with Gasteiger partial charge in [-0.3, -0.25) is 0 Å². The van der Waals surface area contributed by atoms with Crippen molar-refractivity contribution in [3.8, 4) is 17.1 Å². The highest BCUT2D eigenvalue weighted by Gasteiger charge is 2.24. The van der Waals surface area contributed by atoms with E-state index in [9.17, 15) is 0 Å². The summed E-state index contributed by atoms with van der Waals surface area (Å²) in [6, 6.07) is 0.274. The van der Waals surface area contributed by atoms with Gasteiger partial charge in [-0.25, -0.2) is 9.67 Å². The average Bonchev–Trinajstić information content (AvgIpc) is 2.86. The number of aryl methyl sites for hydroxylation is 3. The van der Waals surface area contributed by atoms with Crippen LogP contribution in [0.5, 0.6) is 5.88 Å². The number of hydrogen-bond acceptors (Lipinski definition) is 4. The van der Waals surface area contributed by atoms with Gasteiger partial charge in [0, 0.05) is 19.5 Å². The summed E-state index contributed by atoms with van der Waals surface area (Å²) in [5.41, 5.74) is 8.91. The number of nitrogen functional groups attached to an aromatic ring is 1. The van der Waals surface area contributed by atoms with Crippen LogP contribution >= 0.6 is 0 Å². The Labute approximate surface area is 125 Å². The molecule has 0 saturated heterocycles. The second-order valence-electron chi connectivity index (χ2n) is 5.57. The third-order valence-corrected chi connectivity index (χ3v) is 3.61. The van der Waals surface area contributed by atoms with E-state index in [0.29, 0.717) is 11.7 Å². The number of methoxy groups -OCH3 is 1. The van der Waals surface area contributed by atoms with Crippen molar-refractivity contribution in [3.63, 3.8) is 0 Å². The molecule has 0 aliphatic carbocycles. The number of hydrogen-bond donors (Lipinski definition) is 1. The predicted octanol–water partition coefficient (Wildman–Crippen LogP) is 2.72. The SMILES string of the molecule is CCCc1nc(-c2c(C)nn(C)c2OC)c(N)n1C(C)C. The quantitative estimate of drug-likeness (QED) is 0.919. The Morgan fingerprint density at radius 1 is 1.33 bits per heavy atom. The molecule has 0 aliphatic heterocycles. The third kappa shape index (κ3) is 2.50. The van der Waals surface area contributed by atoms with Crippen molar-refractivity contribution in [1.82, 2.24) is 19.3 Å². The van der Waals surface area contributed by atoms with Gasteiger partial charge in [0.25, 0.3) is 0 Å². The fourth-order valence-corrected chi connectivity index (χ4v) is 2.80. The lowest BCUT2D eigenvalue weighted by Crippen LogP contribution is -2.09. The first-order valence-electron chi connectivity index (χ1n) is 7.36. The van der Waals surface area contributed by atoms with Gasteiger partial charge in [0.2, 0.25) is 5.88 Å². The number of nitrogens with two attached hydrogens (primary N) is 1. The Balaban J connectivity index is 2.68. The first-order chi connectivity index (χ1) is 9.92. The Kier molecular flexibility index (Phi) is 4.25. The third-order valence-electron chi connectivity index (χ3n) is 3.61. The van der Waals surface area contributed by atoms with Gasteiger partial charge in [0.15, 0.2) is 0 Å². The molecule has 2 aromatic rings. The molecule has 116 valence electrons. The van der Waals surface area contributed by atoms with Gasteiger partial charge in [-0.15, -0.1) is 0 Å². The molecule has 0 aromatic carbocycles. The van der Waals surface area contributed by atoms with Crippen molar-refractivity contribution in [2.75, 3.05) is 12.8 Å². The molecule has 0 radical (unpaired) electrons. The summed E-state index contributed by atoms with van der Waals surface area (Å²) in [6.45, 7) is 8.33. The summed E-state index contributed by atoms with van der Waals surface area (Å²) >= 11 is 0. The molecule has 2 aromatic heterocycles. The lowest BCUT2D eigenvalue weighted by Gasteiger charge is -2.13. The van der Waals surface area contributed by atoms with E-state index in [2.05, 4.69) is 30.4 Å². The van der Waals surface area contributed by atoms with E-state index in [0.717, 1.165) is 35.6 Å². The van der Waals surface area contributed by atoms with Crippen molar-refractivity contribution >= 4 is 5.82 Å². The van der Waals surface area contributed by atoms with Crippen LogP contribution < -0.4 is 10.5 Å². The first-order valence-corrected chi connectivity index (χ1v) is 7.36. The zero-order chi connectivity index (χ0) is 15.7. The molecule has 0 saturated carbocycles. The van der Waals surface area contributed by atoms with E-state index < -0.39 is 0 Å². The number of rotatable bonds is 5.